The highest BCUT2D eigenvalue weighted by Gasteiger charge is 2.34. The first kappa shape index (κ1) is 25.2. The van der Waals surface area contributed by atoms with E-state index in [4.69, 9.17) is 18.9 Å². The number of aromatic nitrogens is 2. The summed E-state index contributed by atoms with van der Waals surface area (Å²) in [4.78, 5) is 18.7. The number of carbonyl (C=O) groups is 1. The fraction of sp³-hybridized carbons (Fsp3) is 0.706. The van der Waals surface area contributed by atoms with Crippen molar-refractivity contribution >= 4 is 17.9 Å². The average molecular weight is 441 g/mol. The first-order valence-corrected chi connectivity index (χ1v) is 9.99. The van der Waals surface area contributed by atoms with Gasteiger partial charge < -0.3 is 24.3 Å². The number of hydrogen-bond acceptors (Lipinski definition) is 8. The summed E-state index contributed by atoms with van der Waals surface area (Å²) in [6, 6.07) is 0.750. The van der Waals surface area contributed by atoms with Crippen molar-refractivity contribution < 1.29 is 36.9 Å². The Hall–Kier alpha value is -1.79. The Morgan fingerprint density at radius 3 is 2.28 bits per heavy atom. The molecule has 0 radical (unpaired) electrons. The minimum Gasteiger partial charge on any atom is -0.475 e. The molecule has 1 amide bonds. The van der Waals surface area contributed by atoms with Crippen LogP contribution in [-0.2, 0) is 20.4 Å². The van der Waals surface area contributed by atoms with Gasteiger partial charge >= 0.3 is 12.3 Å². The molecule has 8 nitrogen and oxygen atoms in total. The van der Waals surface area contributed by atoms with Crippen LogP contribution >= 0.6 is 11.8 Å². The molecule has 0 fully saturated rings. The maximum atomic E-state index is 12.8. The summed E-state index contributed by atoms with van der Waals surface area (Å²) < 4.78 is 59.2. The number of alkyl carbamates (subject to hydrolysis) is 1. The van der Waals surface area contributed by atoms with E-state index in [0.29, 0.717) is 13.2 Å². The number of amides is 1. The van der Waals surface area contributed by atoms with E-state index in [2.05, 4.69) is 15.3 Å². The molecule has 0 bridgehead atoms. The molecule has 1 aromatic rings. The Labute approximate surface area is 171 Å². The molecule has 0 aliphatic rings. The zero-order chi connectivity index (χ0) is 21.9. The Morgan fingerprint density at radius 2 is 1.69 bits per heavy atom. The average Bonchev–Trinajstić information content (AvgIpc) is 2.60. The van der Waals surface area contributed by atoms with Gasteiger partial charge in [-0.15, -0.1) is 0 Å². The zero-order valence-corrected chi connectivity index (χ0v) is 17.6. The molecular weight excluding hydrogens is 415 g/mol. The largest absolute Gasteiger partial charge is 0.475 e. The van der Waals surface area contributed by atoms with Crippen molar-refractivity contribution in [2.24, 2.45) is 0 Å². The fourth-order valence-electron chi connectivity index (χ4n) is 1.78. The Bertz CT molecular complexity index is 642. The summed E-state index contributed by atoms with van der Waals surface area (Å²) in [6.07, 6.45) is -3.51. The number of carbonyl (C=O) groups excluding carboxylic acids is 1. The van der Waals surface area contributed by atoms with Crippen molar-refractivity contribution in [3.05, 3.63) is 11.8 Å². The van der Waals surface area contributed by atoms with Crippen molar-refractivity contribution in [1.82, 2.24) is 15.3 Å². The normalized spacial score (nSPS) is 12.0. The molecule has 1 rings (SSSR count). The first-order valence-electron chi connectivity index (χ1n) is 8.76. The van der Waals surface area contributed by atoms with Crippen LogP contribution in [0.1, 0.15) is 26.5 Å². The van der Waals surface area contributed by atoms with Crippen LogP contribution in [0.2, 0.25) is 0 Å². The van der Waals surface area contributed by atoms with Gasteiger partial charge in [0.05, 0.1) is 26.4 Å². The monoisotopic (exact) mass is 441 g/mol. The molecule has 0 aliphatic heterocycles. The second-order valence-corrected chi connectivity index (χ2v) is 7.35. The van der Waals surface area contributed by atoms with Crippen LogP contribution in [0.3, 0.4) is 0 Å². The van der Waals surface area contributed by atoms with Gasteiger partial charge in [-0.1, -0.05) is 11.8 Å². The van der Waals surface area contributed by atoms with E-state index in [-0.39, 0.29) is 37.5 Å². The fourth-order valence-corrected chi connectivity index (χ4v) is 2.15. The predicted octanol–water partition coefficient (Wildman–Crippen LogP) is 3.15. The van der Waals surface area contributed by atoms with Crippen molar-refractivity contribution in [2.45, 2.75) is 37.7 Å². The molecule has 1 N–H and O–H groups in total. The van der Waals surface area contributed by atoms with E-state index in [1.54, 1.807) is 27.0 Å². The zero-order valence-electron chi connectivity index (χ0n) is 16.8. The second-order valence-electron chi connectivity index (χ2n) is 6.58. The highest BCUT2D eigenvalue weighted by molar-refractivity contribution is 7.98. The number of nitrogens with zero attached hydrogens (tertiary/aromatic N) is 2. The van der Waals surface area contributed by atoms with Gasteiger partial charge in [-0.05, 0) is 27.0 Å². The number of hydrogen-bond donors (Lipinski definition) is 1. The number of ether oxygens (including phenoxy) is 4. The molecule has 29 heavy (non-hydrogen) atoms. The molecule has 166 valence electrons. The maximum Gasteiger partial charge on any atom is 0.433 e. The SMILES string of the molecule is CSc1nc(OCCOCCOCCNC(=O)OC(C)(C)C)cc(C(F)(F)F)n1. The van der Waals surface area contributed by atoms with E-state index in [1.165, 1.54) is 0 Å². The molecule has 1 heterocycles. The molecule has 0 aromatic carbocycles. The summed E-state index contributed by atoms with van der Waals surface area (Å²) in [6.45, 7) is 6.63. The van der Waals surface area contributed by atoms with Gasteiger partial charge in [-0.25, -0.2) is 9.78 Å². The highest BCUT2D eigenvalue weighted by Crippen LogP contribution is 2.30. The highest BCUT2D eigenvalue weighted by atomic mass is 32.2. The Kier molecular flexibility index (Phi) is 10.5. The van der Waals surface area contributed by atoms with Gasteiger partial charge in [0.15, 0.2) is 10.9 Å². The molecule has 0 atom stereocenters. The quantitative estimate of drug-likeness (QED) is 0.318. The van der Waals surface area contributed by atoms with E-state index >= 15 is 0 Å². The van der Waals surface area contributed by atoms with Crippen LogP contribution in [-0.4, -0.2) is 67.5 Å². The number of alkyl halides is 3. The standard InChI is InChI=1S/C17H26F3N3O5S/c1-16(2,3)28-15(24)21-5-6-25-7-8-26-9-10-27-13-11-12(17(18,19)20)22-14(23-13)29-4/h11H,5-10H2,1-4H3,(H,21,24). The van der Waals surface area contributed by atoms with Crippen LogP contribution in [0.15, 0.2) is 11.2 Å². The maximum absolute atomic E-state index is 12.8. The van der Waals surface area contributed by atoms with Crippen molar-refractivity contribution in [2.75, 3.05) is 45.8 Å². The molecular formula is C17H26F3N3O5S. The minimum absolute atomic E-state index is 0.0239. The van der Waals surface area contributed by atoms with Gasteiger partial charge in [0.1, 0.15) is 12.2 Å². The van der Waals surface area contributed by atoms with E-state index in [9.17, 15) is 18.0 Å². The second kappa shape index (κ2) is 12.0. The number of nitrogens with one attached hydrogen (secondary N) is 1. The van der Waals surface area contributed by atoms with Crippen LogP contribution in [0.5, 0.6) is 5.88 Å². The van der Waals surface area contributed by atoms with Gasteiger partial charge in [-0.2, -0.15) is 18.2 Å². The first-order chi connectivity index (χ1) is 13.5. The van der Waals surface area contributed by atoms with Crippen molar-refractivity contribution in [1.29, 1.82) is 0 Å². The van der Waals surface area contributed by atoms with Gasteiger partial charge in [0.25, 0.3) is 0 Å². The van der Waals surface area contributed by atoms with Gasteiger partial charge in [0, 0.05) is 12.6 Å². The lowest BCUT2D eigenvalue weighted by Crippen LogP contribution is -2.34. The van der Waals surface area contributed by atoms with Crippen LogP contribution < -0.4 is 10.1 Å². The van der Waals surface area contributed by atoms with Gasteiger partial charge in [-0.3, -0.25) is 0 Å². The summed E-state index contributed by atoms with van der Waals surface area (Å²) >= 11 is 0.990. The smallest absolute Gasteiger partial charge is 0.433 e. The number of halogens is 3. The van der Waals surface area contributed by atoms with Gasteiger partial charge in [0.2, 0.25) is 5.88 Å². The van der Waals surface area contributed by atoms with E-state index in [0.717, 1.165) is 17.8 Å². The Morgan fingerprint density at radius 1 is 1.07 bits per heavy atom. The van der Waals surface area contributed by atoms with E-state index in [1.807, 2.05) is 0 Å². The topological polar surface area (TPSA) is 91.8 Å². The third-order valence-electron chi connectivity index (χ3n) is 2.92. The number of rotatable bonds is 11. The molecule has 0 aliphatic carbocycles. The predicted molar refractivity (Wildman–Crippen MR) is 100 cm³/mol. The molecule has 0 saturated carbocycles. The lowest BCUT2D eigenvalue weighted by molar-refractivity contribution is -0.141. The molecule has 0 spiro atoms. The van der Waals surface area contributed by atoms with Crippen LogP contribution in [0, 0.1) is 0 Å². The van der Waals surface area contributed by atoms with Crippen molar-refractivity contribution in [3.8, 4) is 5.88 Å². The molecule has 1 aromatic heterocycles. The molecule has 0 unspecified atom stereocenters. The third-order valence-corrected chi connectivity index (χ3v) is 3.47. The van der Waals surface area contributed by atoms with Crippen LogP contribution in [0.4, 0.5) is 18.0 Å². The number of thioether (sulfide) groups is 1. The summed E-state index contributed by atoms with van der Waals surface area (Å²) in [5, 5.41) is 2.53. The molecule has 12 heteroatoms. The summed E-state index contributed by atoms with van der Waals surface area (Å²) in [5.74, 6) is -0.162. The third kappa shape index (κ3) is 11.7. The molecule has 0 saturated heterocycles. The summed E-state index contributed by atoms with van der Waals surface area (Å²) in [7, 11) is 0. The van der Waals surface area contributed by atoms with Crippen LogP contribution in [0.25, 0.3) is 0 Å². The van der Waals surface area contributed by atoms with Crippen molar-refractivity contribution in [3.63, 3.8) is 0 Å². The Balaban J connectivity index is 2.14. The summed E-state index contributed by atoms with van der Waals surface area (Å²) in [5.41, 5.74) is -1.61. The minimum atomic E-state index is -4.57. The van der Waals surface area contributed by atoms with E-state index < -0.39 is 23.6 Å². The lowest BCUT2D eigenvalue weighted by Gasteiger charge is -2.19. The lowest BCUT2D eigenvalue weighted by atomic mass is 10.2.